The number of β-amino-alcohol motifs (C(OH)–C–C–N with tert-alkyl or cyclic N) is 1. The van der Waals surface area contributed by atoms with Crippen LogP contribution in [-0.4, -0.2) is 52.2 Å². The molecule has 1 unspecified atom stereocenters. The molecular weight excluding hydrogens is 270 g/mol. The summed E-state index contributed by atoms with van der Waals surface area (Å²) in [5.41, 5.74) is 0.389. The third-order valence-corrected chi connectivity index (χ3v) is 4.58. The molecule has 2 aliphatic rings. The summed E-state index contributed by atoms with van der Waals surface area (Å²) < 4.78 is 5.33. The Morgan fingerprint density at radius 1 is 1.38 bits per heavy atom. The van der Waals surface area contributed by atoms with Crippen molar-refractivity contribution in [2.75, 3.05) is 13.1 Å². The first-order valence-corrected chi connectivity index (χ1v) is 7.71. The van der Waals surface area contributed by atoms with E-state index in [4.69, 9.17) is 4.42 Å². The van der Waals surface area contributed by atoms with Gasteiger partial charge in [0.15, 0.2) is 11.6 Å². The SMILES string of the molecule is Cc1nc(C(=O)N[C@@H]2CCC[C@@H]2N2CCC(O)C2)c(C)o1. The van der Waals surface area contributed by atoms with Crippen molar-refractivity contribution in [1.82, 2.24) is 15.2 Å². The number of nitrogens with one attached hydrogen (secondary N) is 1. The summed E-state index contributed by atoms with van der Waals surface area (Å²) in [6.45, 7) is 5.14. The fraction of sp³-hybridized carbons (Fsp3) is 0.733. The number of nitrogens with zero attached hydrogens (tertiary/aromatic N) is 2. The Balaban J connectivity index is 1.66. The summed E-state index contributed by atoms with van der Waals surface area (Å²) in [5, 5.41) is 12.8. The highest BCUT2D eigenvalue weighted by atomic mass is 16.4. The van der Waals surface area contributed by atoms with Crippen molar-refractivity contribution in [2.45, 2.75) is 57.7 Å². The van der Waals surface area contributed by atoms with Crippen LogP contribution in [0.5, 0.6) is 0 Å². The fourth-order valence-electron chi connectivity index (χ4n) is 3.59. The number of carbonyl (C=O) groups is 1. The first-order valence-electron chi connectivity index (χ1n) is 7.71. The van der Waals surface area contributed by atoms with Gasteiger partial charge < -0.3 is 14.8 Å². The number of hydrogen-bond acceptors (Lipinski definition) is 5. The van der Waals surface area contributed by atoms with Gasteiger partial charge in [0, 0.05) is 32.1 Å². The number of rotatable bonds is 3. The predicted molar refractivity (Wildman–Crippen MR) is 77.1 cm³/mol. The van der Waals surface area contributed by atoms with E-state index in [1.165, 1.54) is 0 Å². The molecule has 2 N–H and O–H groups in total. The largest absolute Gasteiger partial charge is 0.445 e. The molecule has 3 rings (SSSR count). The lowest BCUT2D eigenvalue weighted by atomic mass is 10.1. The lowest BCUT2D eigenvalue weighted by Crippen LogP contribution is -2.48. The molecule has 0 spiro atoms. The number of hydrogen-bond donors (Lipinski definition) is 2. The van der Waals surface area contributed by atoms with Crippen LogP contribution in [0.25, 0.3) is 0 Å². The Hall–Kier alpha value is -1.40. The molecule has 3 atom stereocenters. The Bertz CT molecular complexity index is 528. The molecule has 1 aromatic rings. The number of carbonyl (C=O) groups excluding carboxylic acids is 1. The first-order chi connectivity index (χ1) is 10.0. The standard InChI is InChI=1S/C15H23N3O3/c1-9-14(16-10(2)21-9)15(20)17-12-4-3-5-13(12)18-7-6-11(19)8-18/h11-13,19H,3-8H2,1-2H3,(H,17,20)/t11?,12-,13+/m1/s1. The first kappa shape index (κ1) is 14.5. The Morgan fingerprint density at radius 2 is 2.19 bits per heavy atom. The number of aryl methyl sites for hydroxylation is 2. The maximum absolute atomic E-state index is 12.4. The number of aliphatic hydroxyl groups excluding tert-OH is 1. The summed E-state index contributed by atoms with van der Waals surface area (Å²) in [6, 6.07) is 0.471. The van der Waals surface area contributed by atoms with Crippen LogP contribution in [0.15, 0.2) is 4.42 Å². The van der Waals surface area contributed by atoms with Crippen LogP contribution in [0.2, 0.25) is 0 Å². The maximum Gasteiger partial charge on any atom is 0.273 e. The molecule has 2 fully saturated rings. The van der Waals surface area contributed by atoms with Crippen LogP contribution in [-0.2, 0) is 0 Å². The van der Waals surface area contributed by atoms with Gasteiger partial charge in [-0.25, -0.2) is 4.98 Å². The molecule has 1 saturated heterocycles. The average molecular weight is 293 g/mol. The van der Waals surface area contributed by atoms with Crippen molar-refractivity contribution >= 4 is 5.91 Å². The molecule has 1 amide bonds. The number of aliphatic hydroxyl groups is 1. The van der Waals surface area contributed by atoms with Crippen LogP contribution in [0.4, 0.5) is 0 Å². The maximum atomic E-state index is 12.4. The lowest BCUT2D eigenvalue weighted by molar-refractivity contribution is 0.0900. The molecule has 0 bridgehead atoms. The second-order valence-electron chi connectivity index (χ2n) is 6.15. The summed E-state index contributed by atoms with van der Waals surface area (Å²) >= 11 is 0. The van der Waals surface area contributed by atoms with Crippen molar-refractivity contribution in [3.8, 4) is 0 Å². The molecular formula is C15H23N3O3. The van der Waals surface area contributed by atoms with E-state index in [1.54, 1.807) is 13.8 Å². The van der Waals surface area contributed by atoms with Gasteiger partial charge in [0.25, 0.3) is 5.91 Å². The number of likely N-dealkylation sites (tertiary alicyclic amines) is 1. The molecule has 0 radical (unpaired) electrons. The third kappa shape index (κ3) is 2.96. The Morgan fingerprint density at radius 3 is 2.81 bits per heavy atom. The van der Waals surface area contributed by atoms with E-state index in [1.807, 2.05) is 0 Å². The molecule has 1 aliphatic carbocycles. The molecule has 6 heteroatoms. The van der Waals surface area contributed by atoms with Crippen LogP contribution in [0, 0.1) is 13.8 Å². The summed E-state index contributed by atoms with van der Waals surface area (Å²) in [5.74, 6) is 0.931. The normalized spacial score (nSPS) is 30.0. The van der Waals surface area contributed by atoms with E-state index in [9.17, 15) is 9.90 Å². The van der Waals surface area contributed by atoms with Gasteiger partial charge in [-0.15, -0.1) is 0 Å². The Kier molecular flexibility index (Phi) is 3.99. The van der Waals surface area contributed by atoms with Gasteiger partial charge in [0.05, 0.1) is 6.10 Å². The van der Waals surface area contributed by atoms with Crippen molar-refractivity contribution in [2.24, 2.45) is 0 Å². The highest BCUT2D eigenvalue weighted by Gasteiger charge is 2.36. The van der Waals surface area contributed by atoms with Gasteiger partial charge in [-0.3, -0.25) is 9.69 Å². The van der Waals surface area contributed by atoms with Crippen LogP contribution in [0.3, 0.4) is 0 Å². The van der Waals surface area contributed by atoms with Gasteiger partial charge in [-0.05, 0) is 32.6 Å². The molecule has 2 heterocycles. The minimum absolute atomic E-state index is 0.138. The molecule has 116 valence electrons. The summed E-state index contributed by atoms with van der Waals surface area (Å²) in [4.78, 5) is 18.8. The highest BCUT2D eigenvalue weighted by Crippen LogP contribution is 2.27. The summed E-state index contributed by atoms with van der Waals surface area (Å²) in [7, 11) is 0. The second-order valence-corrected chi connectivity index (χ2v) is 6.15. The van der Waals surface area contributed by atoms with Crippen LogP contribution < -0.4 is 5.32 Å². The summed E-state index contributed by atoms with van der Waals surface area (Å²) in [6.07, 6.45) is 3.79. The minimum atomic E-state index is -0.220. The van der Waals surface area contributed by atoms with E-state index in [-0.39, 0.29) is 18.1 Å². The zero-order valence-corrected chi connectivity index (χ0v) is 12.6. The fourth-order valence-corrected chi connectivity index (χ4v) is 3.59. The number of amides is 1. The van der Waals surface area contributed by atoms with Crippen molar-refractivity contribution in [1.29, 1.82) is 0 Å². The van der Waals surface area contributed by atoms with E-state index in [0.29, 0.717) is 23.4 Å². The van der Waals surface area contributed by atoms with E-state index in [2.05, 4.69) is 15.2 Å². The zero-order valence-electron chi connectivity index (χ0n) is 12.6. The van der Waals surface area contributed by atoms with Crippen molar-refractivity contribution < 1.29 is 14.3 Å². The Labute approximate surface area is 124 Å². The van der Waals surface area contributed by atoms with Crippen LogP contribution >= 0.6 is 0 Å². The molecule has 1 aromatic heterocycles. The molecule has 6 nitrogen and oxygen atoms in total. The lowest BCUT2D eigenvalue weighted by Gasteiger charge is -2.29. The predicted octanol–water partition coefficient (Wildman–Crippen LogP) is 1.01. The monoisotopic (exact) mass is 293 g/mol. The topological polar surface area (TPSA) is 78.6 Å². The van der Waals surface area contributed by atoms with Crippen molar-refractivity contribution in [3.63, 3.8) is 0 Å². The van der Waals surface area contributed by atoms with Gasteiger partial charge in [0.1, 0.15) is 5.76 Å². The van der Waals surface area contributed by atoms with E-state index < -0.39 is 0 Å². The zero-order chi connectivity index (χ0) is 15.0. The van der Waals surface area contributed by atoms with Gasteiger partial charge in [-0.1, -0.05) is 0 Å². The van der Waals surface area contributed by atoms with Crippen LogP contribution in [0.1, 0.15) is 47.8 Å². The average Bonchev–Trinajstić information content (AvgIpc) is 3.10. The van der Waals surface area contributed by atoms with Gasteiger partial charge in [0.2, 0.25) is 0 Å². The second kappa shape index (κ2) is 5.77. The van der Waals surface area contributed by atoms with E-state index >= 15 is 0 Å². The molecule has 21 heavy (non-hydrogen) atoms. The quantitative estimate of drug-likeness (QED) is 0.869. The molecule has 0 aromatic carbocycles. The smallest absolute Gasteiger partial charge is 0.273 e. The number of oxazole rings is 1. The molecule has 1 aliphatic heterocycles. The van der Waals surface area contributed by atoms with Gasteiger partial charge >= 0.3 is 0 Å². The van der Waals surface area contributed by atoms with Crippen molar-refractivity contribution in [3.05, 3.63) is 17.3 Å². The highest BCUT2D eigenvalue weighted by molar-refractivity contribution is 5.93. The number of aromatic nitrogens is 1. The van der Waals surface area contributed by atoms with E-state index in [0.717, 1.165) is 38.8 Å². The molecule has 1 saturated carbocycles. The third-order valence-electron chi connectivity index (χ3n) is 4.58. The minimum Gasteiger partial charge on any atom is -0.445 e. The van der Waals surface area contributed by atoms with Gasteiger partial charge in [-0.2, -0.15) is 0 Å².